The maximum atomic E-state index is 10.6. The molecule has 0 aliphatic rings. The predicted molar refractivity (Wildman–Crippen MR) is 53.7 cm³/mol. The van der Waals surface area contributed by atoms with E-state index >= 15 is 0 Å². The van der Waals surface area contributed by atoms with Crippen LogP contribution in [-0.2, 0) is 11.2 Å². The molecule has 0 aliphatic heterocycles. The number of carbonyl (C=O) groups is 1. The van der Waals surface area contributed by atoms with E-state index in [2.05, 4.69) is 0 Å². The fraction of sp³-hybridized carbons (Fsp3) is 0.300. The standard InChI is InChI=1S/C10H14N2O/c1-12(2)9-5-3-8(4-6-9)7-10(11)13/h3-6H,7H2,1-2H3,(H2,11,13). The van der Waals surface area contributed by atoms with Crippen LogP contribution in [0.5, 0.6) is 0 Å². The Morgan fingerprint density at radius 2 is 1.85 bits per heavy atom. The number of hydrogen-bond donors (Lipinski definition) is 1. The molecular weight excluding hydrogens is 164 g/mol. The molecule has 0 spiro atoms. The SMILES string of the molecule is CN(C)c1ccc(CC(N)=O)cc1. The van der Waals surface area contributed by atoms with Gasteiger partial charge in [-0.2, -0.15) is 0 Å². The molecule has 0 aliphatic carbocycles. The van der Waals surface area contributed by atoms with E-state index in [-0.39, 0.29) is 5.91 Å². The van der Waals surface area contributed by atoms with Crippen molar-refractivity contribution in [2.45, 2.75) is 6.42 Å². The molecule has 1 aromatic carbocycles. The molecule has 0 saturated heterocycles. The molecule has 13 heavy (non-hydrogen) atoms. The van der Waals surface area contributed by atoms with Crippen LogP contribution in [0.1, 0.15) is 5.56 Å². The summed E-state index contributed by atoms with van der Waals surface area (Å²) in [5, 5.41) is 0. The Labute approximate surface area is 78.2 Å². The molecule has 70 valence electrons. The van der Waals surface area contributed by atoms with Gasteiger partial charge in [0.05, 0.1) is 6.42 Å². The number of hydrogen-bond acceptors (Lipinski definition) is 2. The van der Waals surface area contributed by atoms with Gasteiger partial charge >= 0.3 is 0 Å². The van der Waals surface area contributed by atoms with Crippen molar-refractivity contribution in [2.75, 3.05) is 19.0 Å². The Morgan fingerprint density at radius 1 is 1.31 bits per heavy atom. The van der Waals surface area contributed by atoms with Crippen LogP contribution in [0.15, 0.2) is 24.3 Å². The maximum Gasteiger partial charge on any atom is 0.221 e. The van der Waals surface area contributed by atoms with Crippen molar-refractivity contribution >= 4 is 11.6 Å². The lowest BCUT2D eigenvalue weighted by Gasteiger charge is -2.12. The molecule has 1 rings (SSSR count). The number of amides is 1. The van der Waals surface area contributed by atoms with Crippen LogP contribution in [0.2, 0.25) is 0 Å². The molecule has 3 nitrogen and oxygen atoms in total. The van der Waals surface area contributed by atoms with Gasteiger partial charge in [0, 0.05) is 19.8 Å². The zero-order valence-corrected chi connectivity index (χ0v) is 7.95. The van der Waals surface area contributed by atoms with Crippen LogP contribution >= 0.6 is 0 Å². The van der Waals surface area contributed by atoms with Crippen molar-refractivity contribution in [3.63, 3.8) is 0 Å². The van der Waals surface area contributed by atoms with Gasteiger partial charge in [-0.15, -0.1) is 0 Å². The first-order valence-corrected chi connectivity index (χ1v) is 4.14. The molecule has 1 amide bonds. The Bertz CT molecular complexity index is 290. The fourth-order valence-electron chi connectivity index (χ4n) is 1.11. The largest absolute Gasteiger partial charge is 0.378 e. The van der Waals surface area contributed by atoms with E-state index in [1.54, 1.807) is 0 Å². The van der Waals surface area contributed by atoms with Crippen LogP contribution in [0, 0.1) is 0 Å². The fourth-order valence-corrected chi connectivity index (χ4v) is 1.11. The molecule has 0 unspecified atom stereocenters. The summed E-state index contributed by atoms with van der Waals surface area (Å²) in [6.45, 7) is 0. The average molecular weight is 178 g/mol. The highest BCUT2D eigenvalue weighted by atomic mass is 16.1. The van der Waals surface area contributed by atoms with E-state index in [0.717, 1.165) is 11.3 Å². The quantitative estimate of drug-likeness (QED) is 0.743. The van der Waals surface area contributed by atoms with Gasteiger partial charge in [-0.05, 0) is 17.7 Å². The monoisotopic (exact) mass is 178 g/mol. The minimum absolute atomic E-state index is 0.294. The third-order valence-electron chi connectivity index (χ3n) is 1.83. The topological polar surface area (TPSA) is 46.3 Å². The van der Waals surface area contributed by atoms with E-state index < -0.39 is 0 Å². The highest BCUT2D eigenvalue weighted by molar-refractivity contribution is 5.76. The number of carbonyl (C=O) groups excluding carboxylic acids is 1. The third kappa shape index (κ3) is 2.78. The number of primary amides is 1. The first kappa shape index (κ1) is 9.58. The second kappa shape index (κ2) is 3.94. The number of nitrogens with zero attached hydrogens (tertiary/aromatic N) is 1. The van der Waals surface area contributed by atoms with Gasteiger partial charge in [0.25, 0.3) is 0 Å². The van der Waals surface area contributed by atoms with Crippen molar-refractivity contribution in [2.24, 2.45) is 5.73 Å². The van der Waals surface area contributed by atoms with E-state index in [9.17, 15) is 4.79 Å². The molecule has 2 N–H and O–H groups in total. The first-order valence-electron chi connectivity index (χ1n) is 4.14. The molecule has 0 radical (unpaired) electrons. The predicted octanol–water partition coefficient (Wildman–Crippen LogP) is 0.780. The van der Waals surface area contributed by atoms with Gasteiger partial charge in [-0.3, -0.25) is 4.79 Å². The molecule has 0 aromatic heterocycles. The lowest BCUT2D eigenvalue weighted by Crippen LogP contribution is -2.14. The summed E-state index contributed by atoms with van der Waals surface area (Å²) in [6.07, 6.45) is 0.313. The normalized spacial score (nSPS) is 9.69. The Kier molecular flexibility index (Phi) is 2.90. The van der Waals surface area contributed by atoms with Crippen LogP contribution in [-0.4, -0.2) is 20.0 Å². The molecule has 0 bridgehead atoms. The Balaban J connectivity index is 2.75. The van der Waals surface area contributed by atoms with Crippen molar-refractivity contribution in [1.82, 2.24) is 0 Å². The Hall–Kier alpha value is -1.51. The van der Waals surface area contributed by atoms with Gasteiger partial charge in [0.1, 0.15) is 0 Å². The van der Waals surface area contributed by atoms with E-state index in [4.69, 9.17) is 5.73 Å². The second-order valence-electron chi connectivity index (χ2n) is 3.20. The van der Waals surface area contributed by atoms with Crippen LogP contribution in [0.3, 0.4) is 0 Å². The van der Waals surface area contributed by atoms with Crippen molar-refractivity contribution in [3.8, 4) is 0 Å². The van der Waals surface area contributed by atoms with Crippen molar-refractivity contribution in [1.29, 1.82) is 0 Å². The zero-order valence-electron chi connectivity index (χ0n) is 7.95. The lowest BCUT2D eigenvalue weighted by molar-refractivity contribution is -0.117. The minimum atomic E-state index is -0.294. The molecule has 0 atom stereocenters. The van der Waals surface area contributed by atoms with Crippen LogP contribution in [0.25, 0.3) is 0 Å². The van der Waals surface area contributed by atoms with Gasteiger partial charge < -0.3 is 10.6 Å². The summed E-state index contributed by atoms with van der Waals surface area (Å²) in [6, 6.07) is 7.77. The zero-order chi connectivity index (χ0) is 9.84. The van der Waals surface area contributed by atoms with Crippen molar-refractivity contribution < 1.29 is 4.79 Å². The highest BCUT2D eigenvalue weighted by Crippen LogP contribution is 2.12. The minimum Gasteiger partial charge on any atom is -0.378 e. The van der Waals surface area contributed by atoms with E-state index in [1.165, 1.54) is 0 Å². The number of anilines is 1. The first-order chi connectivity index (χ1) is 6.09. The van der Waals surface area contributed by atoms with Crippen molar-refractivity contribution in [3.05, 3.63) is 29.8 Å². The molecule has 0 fully saturated rings. The summed E-state index contributed by atoms with van der Waals surface area (Å²) in [5.41, 5.74) is 7.15. The van der Waals surface area contributed by atoms with Gasteiger partial charge in [0.15, 0.2) is 0 Å². The van der Waals surface area contributed by atoms with E-state index in [0.29, 0.717) is 6.42 Å². The lowest BCUT2D eigenvalue weighted by atomic mass is 10.1. The molecular formula is C10H14N2O. The molecule has 0 saturated carbocycles. The number of benzene rings is 1. The second-order valence-corrected chi connectivity index (χ2v) is 3.20. The number of nitrogens with two attached hydrogens (primary N) is 1. The number of rotatable bonds is 3. The smallest absolute Gasteiger partial charge is 0.221 e. The van der Waals surface area contributed by atoms with Gasteiger partial charge in [0.2, 0.25) is 5.91 Å². The summed E-state index contributed by atoms with van der Waals surface area (Å²) < 4.78 is 0. The average Bonchev–Trinajstić information content (AvgIpc) is 2.04. The summed E-state index contributed by atoms with van der Waals surface area (Å²) >= 11 is 0. The van der Waals surface area contributed by atoms with E-state index in [1.807, 2.05) is 43.3 Å². The highest BCUT2D eigenvalue weighted by Gasteiger charge is 1.98. The third-order valence-corrected chi connectivity index (χ3v) is 1.83. The molecule has 3 heteroatoms. The van der Waals surface area contributed by atoms with Crippen LogP contribution in [0.4, 0.5) is 5.69 Å². The Morgan fingerprint density at radius 3 is 2.23 bits per heavy atom. The summed E-state index contributed by atoms with van der Waals surface area (Å²) in [7, 11) is 3.95. The summed E-state index contributed by atoms with van der Waals surface area (Å²) in [4.78, 5) is 12.6. The molecule has 1 aromatic rings. The maximum absolute atomic E-state index is 10.6. The van der Waals surface area contributed by atoms with Crippen LogP contribution < -0.4 is 10.6 Å². The molecule has 0 heterocycles. The van der Waals surface area contributed by atoms with Gasteiger partial charge in [-0.1, -0.05) is 12.1 Å². The summed E-state index contributed by atoms with van der Waals surface area (Å²) in [5.74, 6) is -0.294. The van der Waals surface area contributed by atoms with Gasteiger partial charge in [-0.25, -0.2) is 0 Å².